The Kier molecular flexibility index (Phi) is 5.16. The molecule has 0 bridgehead atoms. The summed E-state index contributed by atoms with van der Waals surface area (Å²) >= 11 is 0. The normalized spacial score (nSPS) is 15.4. The molecule has 5 heteroatoms. The summed E-state index contributed by atoms with van der Waals surface area (Å²) in [6, 6.07) is 7.07. The summed E-state index contributed by atoms with van der Waals surface area (Å²) in [5.74, 6) is 0. The summed E-state index contributed by atoms with van der Waals surface area (Å²) in [4.78, 5) is 0. The zero-order valence-electron chi connectivity index (χ0n) is 10.5. The molecular weight excluding hydrogens is 243 g/mol. The number of ether oxygens (including phenoxy) is 1. The minimum absolute atomic E-state index is 0.360. The molecule has 0 saturated carbocycles. The van der Waals surface area contributed by atoms with E-state index in [0.29, 0.717) is 0 Å². The molecule has 1 aromatic carbocycles. The van der Waals surface area contributed by atoms with Crippen LogP contribution in [0.25, 0.3) is 0 Å². The minimum Gasteiger partial charge on any atom is -0.372 e. The third-order valence-corrected chi connectivity index (χ3v) is 2.57. The van der Waals surface area contributed by atoms with Crippen LogP contribution in [0.3, 0.4) is 0 Å². The molecule has 0 spiro atoms. The summed E-state index contributed by atoms with van der Waals surface area (Å²) in [5, 5.41) is 0. The van der Waals surface area contributed by atoms with Crippen LogP contribution in [0, 0.1) is 6.92 Å². The Hall–Kier alpha value is -1.07. The van der Waals surface area contributed by atoms with Crippen molar-refractivity contribution in [1.82, 2.24) is 0 Å². The highest BCUT2D eigenvalue weighted by atomic mass is 19.4. The number of aryl methyl sites for hydroxylation is 1. The third-order valence-electron chi connectivity index (χ3n) is 2.57. The van der Waals surface area contributed by atoms with Crippen molar-refractivity contribution in [3.8, 4) is 0 Å². The van der Waals surface area contributed by atoms with Crippen LogP contribution in [0.15, 0.2) is 24.3 Å². The second-order valence-electron chi connectivity index (χ2n) is 4.43. The molecule has 0 saturated heterocycles. The Morgan fingerprint density at radius 1 is 1.22 bits per heavy atom. The average Bonchev–Trinajstić information content (AvgIpc) is 2.24. The minimum atomic E-state index is -4.20. The lowest BCUT2D eigenvalue weighted by atomic mass is 10.0. The number of hydrogen-bond donors (Lipinski definition) is 1. The van der Waals surface area contributed by atoms with E-state index in [1.54, 1.807) is 6.92 Å². The van der Waals surface area contributed by atoms with Crippen molar-refractivity contribution in [2.24, 2.45) is 5.73 Å². The molecule has 18 heavy (non-hydrogen) atoms. The molecule has 0 aliphatic heterocycles. The van der Waals surface area contributed by atoms with E-state index in [2.05, 4.69) is 0 Å². The van der Waals surface area contributed by atoms with Crippen molar-refractivity contribution in [3.05, 3.63) is 35.4 Å². The molecule has 0 aliphatic carbocycles. The van der Waals surface area contributed by atoms with Gasteiger partial charge in [0.05, 0.1) is 19.1 Å². The zero-order valence-corrected chi connectivity index (χ0v) is 10.5. The van der Waals surface area contributed by atoms with Gasteiger partial charge in [-0.1, -0.05) is 29.8 Å². The molecule has 0 aliphatic rings. The number of benzene rings is 1. The van der Waals surface area contributed by atoms with E-state index in [4.69, 9.17) is 10.5 Å². The van der Waals surface area contributed by atoms with Crippen LogP contribution in [0.1, 0.15) is 30.6 Å². The Balaban J connectivity index is 2.63. The van der Waals surface area contributed by atoms with E-state index in [1.807, 2.05) is 31.2 Å². The predicted molar refractivity (Wildman–Crippen MR) is 64.2 cm³/mol. The van der Waals surface area contributed by atoms with E-state index in [1.165, 1.54) is 0 Å². The molecule has 1 rings (SSSR count). The van der Waals surface area contributed by atoms with Gasteiger partial charge in [0.2, 0.25) is 0 Å². The molecule has 2 atom stereocenters. The number of hydrogen-bond acceptors (Lipinski definition) is 2. The fourth-order valence-electron chi connectivity index (χ4n) is 1.61. The molecule has 2 N–H and O–H groups in total. The fraction of sp³-hybridized carbons (Fsp3) is 0.538. The smallest absolute Gasteiger partial charge is 0.372 e. The Labute approximate surface area is 105 Å². The predicted octanol–water partition coefficient (Wildman–Crippen LogP) is 3.35. The van der Waals surface area contributed by atoms with Gasteiger partial charge in [-0.2, -0.15) is 13.2 Å². The first-order valence-electron chi connectivity index (χ1n) is 5.80. The van der Waals surface area contributed by atoms with Crippen molar-refractivity contribution in [2.45, 2.75) is 38.6 Å². The van der Waals surface area contributed by atoms with E-state index in [-0.39, 0.29) is 12.6 Å². The van der Waals surface area contributed by atoms with Crippen molar-refractivity contribution >= 4 is 0 Å². The SMILES string of the molecule is Cc1ccc(C(OCCC(F)(F)F)C(C)N)cc1. The molecule has 0 radical (unpaired) electrons. The van der Waals surface area contributed by atoms with Gasteiger partial charge in [0.25, 0.3) is 0 Å². The van der Waals surface area contributed by atoms with Crippen molar-refractivity contribution in [2.75, 3.05) is 6.61 Å². The van der Waals surface area contributed by atoms with Gasteiger partial charge in [-0.05, 0) is 19.4 Å². The van der Waals surface area contributed by atoms with Crippen LogP contribution in [0.4, 0.5) is 13.2 Å². The monoisotopic (exact) mass is 261 g/mol. The van der Waals surface area contributed by atoms with Crippen LogP contribution in [0.2, 0.25) is 0 Å². The molecule has 2 unspecified atom stereocenters. The van der Waals surface area contributed by atoms with Crippen LogP contribution < -0.4 is 5.73 Å². The quantitative estimate of drug-likeness (QED) is 0.882. The number of alkyl halides is 3. The summed E-state index contributed by atoms with van der Waals surface area (Å²) < 4.78 is 41.4. The zero-order chi connectivity index (χ0) is 13.8. The van der Waals surface area contributed by atoms with Gasteiger partial charge in [0, 0.05) is 6.04 Å². The van der Waals surface area contributed by atoms with E-state index in [9.17, 15) is 13.2 Å². The highest BCUT2D eigenvalue weighted by Crippen LogP contribution is 2.24. The summed E-state index contributed by atoms with van der Waals surface area (Å²) in [6.07, 6.45) is -5.66. The molecule has 0 aromatic heterocycles. The van der Waals surface area contributed by atoms with Crippen molar-refractivity contribution in [3.63, 3.8) is 0 Å². The number of halogens is 3. The molecule has 1 aromatic rings. The van der Waals surface area contributed by atoms with E-state index >= 15 is 0 Å². The average molecular weight is 261 g/mol. The van der Waals surface area contributed by atoms with Gasteiger partial charge < -0.3 is 10.5 Å². The summed E-state index contributed by atoms with van der Waals surface area (Å²) in [6.45, 7) is 3.29. The first-order chi connectivity index (χ1) is 8.29. The lowest BCUT2D eigenvalue weighted by molar-refractivity contribution is -0.150. The van der Waals surface area contributed by atoms with Gasteiger partial charge in [-0.15, -0.1) is 0 Å². The Morgan fingerprint density at radius 2 is 1.78 bits per heavy atom. The second-order valence-corrected chi connectivity index (χ2v) is 4.43. The van der Waals surface area contributed by atoms with Crippen LogP contribution >= 0.6 is 0 Å². The van der Waals surface area contributed by atoms with Gasteiger partial charge in [0.15, 0.2) is 0 Å². The maximum atomic E-state index is 12.1. The number of rotatable bonds is 5. The van der Waals surface area contributed by atoms with E-state index in [0.717, 1.165) is 11.1 Å². The third kappa shape index (κ3) is 5.06. The van der Waals surface area contributed by atoms with Crippen molar-refractivity contribution in [1.29, 1.82) is 0 Å². The highest BCUT2D eigenvalue weighted by molar-refractivity contribution is 5.24. The first kappa shape index (κ1) is 15.0. The molecule has 0 fully saturated rings. The Morgan fingerprint density at radius 3 is 2.22 bits per heavy atom. The second kappa shape index (κ2) is 6.20. The first-order valence-corrected chi connectivity index (χ1v) is 5.80. The van der Waals surface area contributed by atoms with Gasteiger partial charge in [-0.25, -0.2) is 0 Å². The van der Waals surface area contributed by atoms with Crippen LogP contribution in [-0.4, -0.2) is 18.8 Å². The lowest BCUT2D eigenvalue weighted by Crippen LogP contribution is -2.28. The highest BCUT2D eigenvalue weighted by Gasteiger charge is 2.28. The molecule has 0 amide bonds. The van der Waals surface area contributed by atoms with Crippen LogP contribution in [-0.2, 0) is 4.74 Å². The van der Waals surface area contributed by atoms with Crippen molar-refractivity contribution < 1.29 is 17.9 Å². The summed E-state index contributed by atoms with van der Waals surface area (Å²) in [5.41, 5.74) is 7.63. The summed E-state index contributed by atoms with van der Waals surface area (Å²) in [7, 11) is 0. The maximum absolute atomic E-state index is 12.1. The van der Waals surface area contributed by atoms with Gasteiger partial charge >= 0.3 is 6.18 Å². The van der Waals surface area contributed by atoms with E-state index < -0.39 is 18.7 Å². The largest absolute Gasteiger partial charge is 0.391 e. The topological polar surface area (TPSA) is 35.2 Å². The van der Waals surface area contributed by atoms with Gasteiger partial charge in [0.1, 0.15) is 0 Å². The molecule has 102 valence electrons. The lowest BCUT2D eigenvalue weighted by Gasteiger charge is -2.22. The fourth-order valence-corrected chi connectivity index (χ4v) is 1.61. The van der Waals surface area contributed by atoms with Gasteiger partial charge in [-0.3, -0.25) is 0 Å². The molecular formula is C13H18F3NO. The number of nitrogens with two attached hydrogens (primary N) is 1. The van der Waals surface area contributed by atoms with Crippen LogP contribution in [0.5, 0.6) is 0 Å². The Bertz CT molecular complexity index is 359. The maximum Gasteiger partial charge on any atom is 0.391 e. The molecule has 0 heterocycles. The molecule has 2 nitrogen and oxygen atoms in total. The standard InChI is InChI=1S/C13H18F3NO/c1-9-3-5-11(6-4-9)12(10(2)17)18-8-7-13(14,15)16/h3-6,10,12H,7-8,17H2,1-2H3.